The van der Waals surface area contributed by atoms with Crippen LogP contribution in [0.15, 0.2) is 35.2 Å². The van der Waals surface area contributed by atoms with Crippen LogP contribution in [0.25, 0.3) is 5.57 Å². The number of fused-ring (bicyclic) bond motifs is 2. The molecule has 0 bridgehead atoms. The molecule has 2 aliphatic rings. The van der Waals surface area contributed by atoms with Gasteiger partial charge in [-0.15, -0.1) is 11.3 Å². The summed E-state index contributed by atoms with van der Waals surface area (Å²) in [6.07, 6.45) is 4.62. The molecule has 0 N–H and O–H groups in total. The van der Waals surface area contributed by atoms with Gasteiger partial charge in [0.15, 0.2) is 0 Å². The number of benzene rings is 1. The third kappa shape index (κ3) is 4.55. The Morgan fingerprint density at radius 3 is 2.86 bits per heavy atom. The minimum Gasteiger partial charge on any atom is -0.488 e. The van der Waals surface area contributed by atoms with E-state index in [4.69, 9.17) is 9.47 Å². The highest BCUT2D eigenvalue weighted by atomic mass is 32.2. The molecule has 1 aromatic heterocycles. The van der Waals surface area contributed by atoms with Gasteiger partial charge in [0.1, 0.15) is 12.4 Å². The molecule has 4 rings (SSSR count). The van der Waals surface area contributed by atoms with Crippen molar-refractivity contribution in [2.24, 2.45) is 0 Å². The lowest BCUT2D eigenvalue weighted by Crippen LogP contribution is -2.32. The van der Waals surface area contributed by atoms with Crippen LogP contribution in [0.2, 0.25) is 0 Å². The smallest absolute Gasteiger partial charge is 0.309 e. The molecule has 0 saturated carbocycles. The molecule has 1 aromatic carbocycles. The molecule has 2 aliphatic heterocycles. The van der Waals surface area contributed by atoms with Gasteiger partial charge in [-0.1, -0.05) is 11.6 Å². The summed E-state index contributed by atoms with van der Waals surface area (Å²) < 4.78 is 11.0. The van der Waals surface area contributed by atoms with E-state index in [9.17, 15) is 4.79 Å². The molecule has 2 aromatic rings. The molecule has 0 amide bonds. The Balaban J connectivity index is 1.72. The molecule has 0 aliphatic carbocycles. The first-order chi connectivity index (χ1) is 14.2. The van der Waals surface area contributed by atoms with Crippen LogP contribution in [-0.4, -0.2) is 49.6 Å². The van der Waals surface area contributed by atoms with E-state index in [1.54, 1.807) is 11.3 Å². The quantitative estimate of drug-likeness (QED) is 0.649. The van der Waals surface area contributed by atoms with Gasteiger partial charge in [-0.05, 0) is 48.2 Å². The second kappa shape index (κ2) is 9.37. The van der Waals surface area contributed by atoms with Crippen LogP contribution in [0.1, 0.15) is 34.4 Å². The standard InChI is InChI=1S/C23H27NO3S2/c1-26-21(25)14-16-3-4-20-19(13-16)22(23-18(15-27-20)7-11-29-23)17-5-8-24(9-6-17)10-12-28-2/h3-4,7,11,13H,5-6,8-10,12,14-15H2,1-2H3. The zero-order valence-corrected chi connectivity index (χ0v) is 18.7. The summed E-state index contributed by atoms with van der Waals surface area (Å²) in [6, 6.07) is 8.29. The first-order valence-corrected chi connectivity index (χ1v) is 12.3. The number of nitrogens with zero attached hydrogens (tertiary/aromatic N) is 1. The van der Waals surface area contributed by atoms with Crippen LogP contribution >= 0.6 is 23.1 Å². The van der Waals surface area contributed by atoms with Crippen molar-refractivity contribution in [3.63, 3.8) is 0 Å². The Labute approximate surface area is 180 Å². The summed E-state index contributed by atoms with van der Waals surface area (Å²) in [5, 5.41) is 2.16. The Kier molecular flexibility index (Phi) is 6.63. The van der Waals surface area contributed by atoms with Gasteiger partial charge in [0.05, 0.1) is 13.5 Å². The highest BCUT2D eigenvalue weighted by molar-refractivity contribution is 7.98. The zero-order chi connectivity index (χ0) is 20.2. The lowest BCUT2D eigenvalue weighted by Gasteiger charge is -2.29. The number of thiophene rings is 1. The predicted octanol–water partition coefficient (Wildman–Crippen LogP) is 4.62. The summed E-state index contributed by atoms with van der Waals surface area (Å²) in [5.41, 5.74) is 6.19. The number of rotatable bonds is 5. The first-order valence-electron chi connectivity index (χ1n) is 10.0. The number of piperidine rings is 1. The third-order valence-electron chi connectivity index (χ3n) is 5.67. The van der Waals surface area contributed by atoms with Crippen LogP contribution < -0.4 is 4.74 Å². The maximum absolute atomic E-state index is 11.8. The number of hydrogen-bond acceptors (Lipinski definition) is 6. The number of methoxy groups -OCH3 is 1. The van der Waals surface area contributed by atoms with Gasteiger partial charge < -0.3 is 14.4 Å². The van der Waals surface area contributed by atoms with Crippen LogP contribution in [0.3, 0.4) is 0 Å². The molecule has 0 radical (unpaired) electrons. The maximum atomic E-state index is 11.8. The SMILES string of the molecule is COC(=O)Cc1ccc2c(c1)C(=C1CCN(CCSC)CC1)c1sccc1CO2. The van der Waals surface area contributed by atoms with E-state index in [1.165, 1.54) is 34.4 Å². The minimum atomic E-state index is -0.215. The van der Waals surface area contributed by atoms with E-state index in [1.807, 2.05) is 23.9 Å². The number of likely N-dealkylation sites (tertiary alicyclic amines) is 1. The fourth-order valence-electron chi connectivity index (χ4n) is 4.06. The maximum Gasteiger partial charge on any atom is 0.309 e. The molecular formula is C23H27NO3S2. The first kappa shape index (κ1) is 20.5. The Hall–Kier alpha value is -1.76. The average molecular weight is 430 g/mol. The molecule has 3 heterocycles. The molecule has 0 atom stereocenters. The summed E-state index contributed by atoms with van der Waals surface area (Å²) >= 11 is 3.71. The molecule has 0 unspecified atom stereocenters. The molecule has 1 fully saturated rings. The van der Waals surface area contributed by atoms with Gasteiger partial charge in [0.2, 0.25) is 0 Å². The van der Waals surface area contributed by atoms with Crippen molar-refractivity contribution in [3.8, 4) is 5.75 Å². The number of thioether (sulfide) groups is 1. The number of ether oxygens (including phenoxy) is 2. The molecule has 1 saturated heterocycles. The average Bonchev–Trinajstić information content (AvgIpc) is 3.15. The number of carbonyl (C=O) groups excluding carboxylic acids is 1. The zero-order valence-electron chi connectivity index (χ0n) is 17.0. The Morgan fingerprint density at radius 2 is 2.10 bits per heavy atom. The lowest BCUT2D eigenvalue weighted by molar-refractivity contribution is -0.139. The number of hydrogen-bond donors (Lipinski definition) is 0. The molecule has 0 spiro atoms. The minimum absolute atomic E-state index is 0.215. The second-order valence-electron chi connectivity index (χ2n) is 7.46. The monoisotopic (exact) mass is 429 g/mol. The number of esters is 1. The van der Waals surface area contributed by atoms with E-state index < -0.39 is 0 Å². The van der Waals surface area contributed by atoms with Gasteiger partial charge >= 0.3 is 5.97 Å². The summed E-state index contributed by atoms with van der Waals surface area (Å²) in [7, 11) is 1.44. The largest absolute Gasteiger partial charge is 0.488 e. The fourth-order valence-corrected chi connectivity index (χ4v) is 5.52. The summed E-state index contributed by atoms with van der Waals surface area (Å²) in [5.74, 6) is 1.89. The third-order valence-corrected chi connectivity index (χ3v) is 7.24. The van der Waals surface area contributed by atoms with Crippen LogP contribution in [0.5, 0.6) is 5.75 Å². The molecule has 6 heteroatoms. The van der Waals surface area contributed by atoms with E-state index in [-0.39, 0.29) is 12.4 Å². The van der Waals surface area contributed by atoms with E-state index in [0.29, 0.717) is 6.61 Å². The Morgan fingerprint density at radius 1 is 1.28 bits per heavy atom. The highest BCUT2D eigenvalue weighted by Gasteiger charge is 2.26. The predicted molar refractivity (Wildman–Crippen MR) is 121 cm³/mol. The second-order valence-corrected chi connectivity index (χ2v) is 9.36. The van der Waals surface area contributed by atoms with Crippen molar-refractivity contribution in [1.29, 1.82) is 0 Å². The van der Waals surface area contributed by atoms with Gasteiger partial charge in [-0.3, -0.25) is 4.79 Å². The van der Waals surface area contributed by atoms with Crippen LogP contribution in [0, 0.1) is 0 Å². The van der Waals surface area contributed by atoms with Crippen LogP contribution in [0.4, 0.5) is 0 Å². The fraction of sp³-hybridized carbons (Fsp3) is 0.435. The molecule has 154 valence electrons. The highest BCUT2D eigenvalue weighted by Crippen LogP contribution is 2.43. The molecular weight excluding hydrogens is 402 g/mol. The van der Waals surface area contributed by atoms with Gasteiger partial charge in [-0.25, -0.2) is 0 Å². The van der Waals surface area contributed by atoms with Gasteiger partial charge in [0.25, 0.3) is 0 Å². The lowest BCUT2D eigenvalue weighted by atomic mass is 9.90. The van der Waals surface area contributed by atoms with E-state index >= 15 is 0 Å². The topological polar surface area (TPSA) is 38.8 Å². The van der Waals surface area contributed by atoms with Crippen molar-refractivity contribution >= 4 is 34.6 Å². The normalized spacial score (nSPS) is 16.6. The molecule has 4 nitrogen and oxygen atoms in total. The summed E-state index contributed by atoms with van der Waals surface area (Å²) in [4.78, 5) is 15.7. The van der Waals surface area contributed by atoms with Crippen molar-refractivity contribution < 1.29 is 14.3 Å². The van der Waals surface area contributed by atoms with E-state index in [2.05, 4.69) is 28.7 Å². The van der Waals surface area contributed by atoms with Crippen molar-refractivity contribution in [1.82, 2.24) is 4.90 Å². The van der Waals surface area contributed by atoms with Crippen molar-refractivity contribution in [2.45, 2.75) is 25.9 Å². The van der Waals surface area contributed by atoms with Gasteiger partial charge in [-0.2, -0.15) is 11.8 Å². The van der Waals surface area contributed by atoms with Crippen molar-refractivity contribution in [2.75, 3.05) is 38.8 Å². The summed E-state index contributed by atoms with van der Waals surface area (Å²) in [6.45, 7) is 3.98. The van der Waals surface area contributed by atoms with Crippen LogP contribution in [-0.2, 0) is 22.6 Å². The Bertz CT molecular complexity index is 909. The van der Waals surface area contributed by atoms with Gasteiger partial charge in [0, 0.05) is 47.0 Å². The van der Waals surface area contributed by atoms with Crippen molar-refractivity contribution in [3.05, 3.63) is 56.8 Å². The number of carbonyl (C=O) groups is 1. The van der Waals surface area contributed by atoms with E-state index in [0.717, 1.165) is 49.4 Å². The molecule has 29 heavy (non-hydrogen) atoms.